The highest BCUT2D eigenvalue weighted by molar-refractivity contribution is 7.88. The first kappa shape index (κ1) is 21.5. The van der Waals surface area contributed by atoms with Gasteiger partial charge in [0, 0.05) is 13.1 Å². The number of carbonyl (C=O) groups excluding carboxylic acids is 1. The van der Waals surface area contributed by atoms with Crippen LogP contribution in [0.1, 0.15) is 16.7 Å². The van der Waals surface area contributed by atoms with Crippen LogP contribution in [0.4, 0.5) is 4.79 Å². The molecule has 2 aromatic carbocycles. The fourth-order valence-electron chi connectivity index (χ4n) is 2.46. The largest absolute Gasteiger partial charge is 0.493 e. The molecule has 0 spiro atoms. The number of ether oxygens (including phenoxy) is 2. The van der Waals surface area contributed by atoms with Crippen molar-refractivity contribution < 1.29 is 22.7 Å². The van der Waals surface area contributed by atoms with Gasteiger partial charge in [0.05, 0.1) is 20.0 Å². The number of urea groups is 1. The first-order valence-corrected chi connectivity index (χ1v) is 10.2. The van der Waals surface area contributed by atoms with E-state index < -0.39 is 10.0 Å². The summed E-state index contributed by atoms with van der Waals surface area (Å²) in [6, 6.07) is 12.2. The summed E-state index contributed by atoms with van der Waals surface area (Å²) in [5, 5.41) is 5.54. The van der Waals surface area contributed by atoms with Gasteiger partial charge in [-0.2, -0.15) is 0 Å². The molecule has 2 rings (SSSR count). The molecule has 28 heavy (non-hydrogen) atoms. The second-order valence-electron chi connectivity index (χ2n) is 6.01. The van der Waals surface area contributed by atoms with Gasteiger partial charge in [0.2, 0.25) is 10.0 Å². The van der Waals surface area contributed by atoms with Crippen LogP contribution in [-0.4, -0.2) is 35.7 Å². The molecule has 0 aromatic heterocycles. The van der Waals surface area contributed by atoms with Crippen LogP contribution < -0.4 is 24.8 Å². The van der Waals surface area contributed by atoms with Crippen LogP contribution >= 0.6 is 0 Å². The zero-order chi connectivity index (χ0) is 20.6. The Morgan fingerprint density at radius 3 is 1.96 bits per heavy atom. The lowest BCUT2D eigenvalue weighted by Crippen LogP contribution is -2.34. The van der Waals surface area contributed by atoms with E-state index in [0.717, 1.165) is 11.1 Å². The van der Waals surface area contributed by atoms with Crippen molar-refractivity contribution in [3.05, 3.63) is 59.2 Å². The third-order valence-electron chi connectivity index (χ3n) is 4.04. The van der Waals surface area contributed by atoms with Crippen LogP contribution in [0, 0.1) is 0 Å². The predicted octanol–water partition coefficient (Wildman–Crippen LogP) is 1.75. The lowest BCUT2D eigenvalue weighted by molar-refractivity contribution is 0.240. The third kappa shape index (κ3) is 6.43. The molecular formula is C19H25N3O5S. The number of benzene rings is 2. The Hall–Kier alpha value is -2.78. The Balaban J connectivity index is 1.82. The first-order valence-electron chi connectivity index (χ1n) is 8.58. The van der Waals surface area contributed by atoms with Crippen molar-refractivity contribution in [2.45, 2.75) is 18.8 Å². The molecule has 2 aromatic rings. The number of hydrogen-bond donors (Lipinski definition) is 3. The summed E-state index contributed by atoms with van der Waals surface area (Å²) in [7, 11) is 1.20. The highest BCUT2D eigenvalue weighted by Gasteiger charge is 2.09. The van der Waals surface area contributed by atoms with Crippen LogP contribution in [0.25, 0.3) is 0 Å². The maximum atomic E-state index is 12.0. The van der Waals surface area contributed by atoms with E-state index in [1.807, 2.05) is 6.07 Å². The molecule has 0 bridgehead atoms. The molecule has 8 nitrogen and oxygen atoms in total. The maximum absolute atomic E-state index is 12.0. The van der Waals surface area contributed by atoms with Gasteiger partial charge in [0.15, 0.2) is 11.5 Å². The molecule has 152 valence electrons. The SMILES string of the molecule is CNS(=O)(=O)Cc1ccc(CNC(=O)NCc2ccc(OC)c(OC)c2)cc1. The lowest BCUT2D eigenvalue weighted by Gasteiger charge is -2.11. The molecule has 3 N–H and O–H groups in total. The van der Waals surface area contributed by atoms with Gasteiger partial charge in [0.1, 0.15) is 0 Å². The molecule has 0 aliphatic rings. The first-order chi connectivity index (χ1) is 13.4. The van der Waals surface area contributed by atoms with E-state index in [0.29, 0.717) is 30.2 Å². The van der Waals surface area contributed by atoms with Crippen molar-refractivity contribution >= 4 is 16.1 Å². The van der Waals surface area contributed by atoms with E-state index >= 15 is 0 Å². The van der Waals surface area contributed by atoms with Crippen molar-refractivity contribution in [1.82, 2.24) is 15.4 Å². The summed E-state index contributed by atoms with van der Waals surface area (Å²) in [6.07, 6.45) is 0. The summed E-state index contributed by atoms with van der Waals surface area (Å²) < 4.78 is 35.8. The number of carbonyl (C=O) groups is 1. The minimum Gasteiger partial charge on any atom is -0.493 e. The molecule has 0 radical (unpaired) electrons. The fourth-order valence-corrected chi connectivity index (χ4v) is 3.24. The lowest BCUT2D eigenvalue weighted by atomic mass is 10.1. The fraction of sp³-hybridized carbons (Fsp3) is 0.316. The van der Waals surface area contributed by atoms with Gasteiger partial charge in [-0.25, -0.2) is 17.9 Å². The van der Waals surface area contributed by atoms with E-state index in [-0.39, 0.29) is 11.8 Å². The van der Waals surface area contributed by atoms with Gasteiger partial charge >= 0.3 is 6.03 Å². The van der Waals surface area contributed by atoms with Gasteiger partial charge < -0.3 is 20.1 Å². The average molecular weight is 407 g/mol. The second-order valence-corrected chi connectivity index (χ2v) is 7.93. The summed E-state index contributed by atoms with van der Waals surface area (Å²) in [5.41, 5.74) is 2.42. The molecule has 0 aliphatic carbocycles. The molecule has 9 heteroatoms. The number of hydrogen-bond acceptors (Lipinski definition) is 5. The number of rotatable bonds is 9. The summed E-state index contributed by atoms with van der Waals surface area (Å²) in [4.78, 5) is 12.0. The Kier molecular flexibility index (Phi) is 7.65. The molecule has 0 atom stereocenters. The Labute approximate surface area is 165 Å². The van der Waals surface area contributed by atoms with E-state index in [9.17, 15) is 13.2 Å². The van der Waals surface area contributed by atoms with Gasteiger partial charge in [-0.05, 0) is 35.9 Å². The molecule has 0 fully saturated rings. The van der Waals surface area contributed by atoms with Crippen molar-refractivity contribution in [3.8, 4) is 11.5 Å². The average Bonchev–Trinajstić information content (AvgIpc) is 2.71. The number of sulfonamides is 1. The van der Waals surface area contributed by atoms with E-state index in [1.165, 1.54) is 7.05 Å². The van der Waals surface area contributed by atoms with E-state index in [1.54, 1.807) is 50.6 Å². The summed E-state index contributed by atoms with van der Waals surface area (Å²) in [5.74, 6) is 1.15. The molecule has 0 saturated carbocycles. The standard InChI is InChI=1S/C19H25N3O5S/c1-20-28(24,25)13-15-6-4-14(5-7-15)11-21-19(23)22-12-16-8-9-17(26-2)18(10-16)27-3/h4-10,20H,11-13H2,1-3H3,(H2,21,22,23). The highest BCUT2D eigenvalue weighted by atomic mass is 32.2. The monoisotopic (exact) mass is 407 g/mol. The van der Waals surface area contributed by atoms with E-state index in [4.69, 9.17) is 9.47 Å². The molecular weight excluding hydrogens is 382 g/mol. The van der Waals surface area contributed by atoms with Crippen molar-refractivity contribution in [1.29, 1.82) is 0 Å². The summed E-state index contributed by atoms with van der Waals surface area (Å²) in [6.45, 7) is 0.670. The highest BCUT2D eigenvalue weighted by Crippen LogP contribution is 2.27. The number of nitrogens with one attached hydrogen (secondary N) is 3. The van der Waals surface area contributed by atoms with E-state index in [2.05, 4.69) is 15.4 Å². The summed E-state index contributed by atoms with van der Waals surface area (Å²) >= 11 is 0. The molecule has 0 saturated heterocycles. The van der Waals surface area contributed by atoms with Crippen molar-refractivity contribution in [2.75, 3.05) is 21.3 Å². The Bertz CT molecular complexity index is 898. The van der Waals surface area contributed by atoms with Gasteiger partial charge in [-0.1, -0.05) is 30.3 Å². The van der Waals surface area contributed by atoms with Gasteiger partial charge in [-0.3, -0.25) is 0 Å². The Morgan fingerprint density at radius 1 is 0.857 bits per heavy atom. The maximum Gasteiger partial charge on any atom is 0.315 e. The van der Waals surface area contributed by atoms with Crippen molar-refractivity contribution in [2.24, 2.45) is 0 Å². The number of methoxy groups -OCH3 is 2. The van der Waals surface area contributed by atoms with Crippen LogP contribution in [-0.2, 0) is 28.9 Å². The molecule has 0 heterocycles. The van der Waals surface area contributed by atoms with Crippen molar-refractivity contribution in [3.63, 3.8) is 0 Å². The minimum absolute atomic E-state index is 0.0803. The smallest absolute Gasteiger partial charge is 0.315 e. The van der Waals surface area contributed by atoms with Gasteiger partial charge in [0.25, 0.3) is 0 Å². The van der Waals surface area contributed by atoms with Crippen LogP contribution in [0.2, 0.25) is 0 Å². The van der Waals surface area contributed by atoms with Crippen LogP contribution in [0.5, 0.6) is 11.5 Å². The molecule has 0 unspecified atom stereocenters. The zero-order valence-corrected chi connectivity index (χ0v) is 16.9. The third-order valence-corrected chi connectivity index (χ3v) is 5.38. The number of amides is 2. The molecule has 2 amide bonds. The quantitative estimate of drug-likeness (QED) is 0.587. The predicted molar refractivity (Wildman–Crippen MR) is 107 cm³/mol. The topological polar surface area (TPSA) is 106 Å². The minimum atomic E-state index is -3.30. The van der Waals surface area contributed by atoms with Crippen LogP contribution in [0.15, 0.2) is 42.5 Å². The van der Waals surface area contributed by atoms with Crippen LogP contribution in [0.3, 0.4) is 0 Å². The molecule has 0 aliphatic heterocycles. The zero-order valence-electron chi connectivity index (χ0n) is 16.1. The van der Waals surface area contributed by atoms with Gasteiger partial charge in [-0.15, -0.1) is 0 Å². The normalized spacial score (nSPS) is 11.0. The Morgan fingerprint density at radius 2 is 1.39 bits per heavy atom. The second kappa shape index (κ2) is 9.95.